The maximum Gasteiger partial charge on any atom is 0.379 e. The molecule has 0 saturated heterocycles. The number of nitrogens with zero attached hydrogens (tertiary/aromatic N) is 7. The summed E-state index contributed by atoms with van der Waals surface area (Å²) in [6.07, 6.45) is 4.76. The first-order valence-corrected chi connectivity index (χ1v) is 12.6. The number of hydrogen-bond acceptors (Lipinski definition) is 12. The van der Waals surface area contributed by atoms with Gasteiger partial charge in [0, 0.05) is 12.2 Å². The summed E-state index contributed by atoms with van der Waals surface area (Å²) in [6, 6.07) is 17.8. The molecule has 3 N–H and O–H groups in total. The average molecular weight is 554 g/mol. The lowest BCUT2D eigenvalue weighted by Crippen LogP contribution is -2.31. The zero-order chi connectivity index (χ0) is 28.2. The molecule has 0 bridgehead atoms. The topological polar surface area (TPSA) is 180 Å². The predicted octanol–water partition coefficient (Wildman–Crippen LogP) is 2.76. The van der Waals surface area contributed by atoms with E-state index in [9.17, 15) is 9.59 Å². The van der Waals surface area contributed by atoms with Crippen LogP contribution in [0.4, 0.5) is 11.5 Å². The SMILES string of the molecule is Nc1nonc1-n1nnc(C(=O)NN=Cc2ccc(OC(=O)c3ccco3)cc2)c1CN1CCCc2ccccc21. The van der Waals surface area contributed by atoms with Crippen LogP contribution in [-0.4, -0.2) is 49.9 Å². The minimum Gasteiger partial charge on any atom is -0.457 e. The van der Waals surface area contributed by atoms with Crippen LogP contribution in [0.15, 0.2) is 81.1 Å². The molecule has 0 unspecified atom stereocenters. The fourth-order valence-corrected chi connectivity index (χ4v) is 4.48. The lowest BCUT2D eigenvalue weighted by molar-refractivity contribution is 0.0701. The average Bonchev–Trinajstić information content (AvgIpc) is 3.76. The third-order valence-corrected chi connectivity index (χ3v) is 6.41. The van der Waals surface area contributed by atoms with Gasteiger partial charge in [-0.2, -0.15) is 9.78 Å². The Hall–Kier alpha value is -5.79. The van der Waals surface area contributed by atoms with E-state index in [2.05, 4.69) is 42.1 Å². The summed E-state index contributed by atoms with van der Waals surface area (Å²) in [5, 5.41) is 19.7. The van der Waals surface area contributed by atoms with E-state index in [4.69, 9.17) is 19.5 Å². The monoisotopic (exact) mass is 553 g/mol. The number of hydrazone groups is 1. The second-order valence-electron chi connectivity index (χ2n) is 9.06. The summed E-state index contributed by atoms with van der Waals surface area (Å²) in [4.78, 5) is 27.4. The van der Waals surface area contributed by atoms with Gasteiger partial charge in [-0.05, 0) is 76.7 Å². The standard InChI is InChI=1S/C27H23N9O5/c28-24-25(33-41-32-24)36-21(16-35-13-3-6-18-5-1-2-7-20(18)35)23(30-34-36)26(37)31-29-15-17-9-11-19(12-10-17)40-27(38)22-8-4-14-39-22/h1-2,4-5,7-12,14-15H,3,6,13,16H2,(H2,28,32)(H,31,37). The quantitative estimate of drug-likeness (QED) is 0.125. The first-order chi connectivity index (χ1) is 20.1. The lowest BCUT2D eigenvalue weighted by Gasteiger charge is -2.31. The molecule has 3 aromatic heterocycles. The van der Waals surface area contributed by atoms with Crippen molar-refractivity contribution in [3.63, 3.8) is 0 Å². The van der Waals surface area contributed by atoms with Crippen molar-refractivity contribution in [2.45, 2.75) is 19.4 Å². The predicted molar refractivity (Wildman–Crippen MR) is 145 cm³/mol. The van der Waals surface area contributed by atoms with Crippen LogP contribution in [0.1, 0.15) is 44.3 Å². The molecule has 206 valence electrons. The van der Waals surface area contributed by atoms with E-state index in [-0.39, 0.29) is 23.1 Å². The van der Waals surface area contributed by atoms with Crippen molar-refractivity contribution in [2.24, 2.45) is 5.10 Å². The van der Waals surface area contributed by atoms with Crippen LogP contribution in [0.25, 0.3) is 5.82 Å². The molecule has 14 nitrogen and oxygen atoms in total. The Kier molecular flexibility index (Phi) is 6.92. The highest BCUT2D eigenvalue weighted by molar-refractivity contribution is 5.94. The van der Waals surface area contributed by atoms with E-state index in [1.165, 1.54) is 28.8 Å². The van der Waals surface area contributed by atoms with Crippen molar-refractivity contribution in [2.75, 3.05) is 17.2 Å². The Morgan fingerprint density at radius 3 is 2.73 bits per heavy atom. The molecule has 0 fully saturated rings. The Bertz CT molecular complexity index is 1710. The van der Waals surface area contributed by atoms with Crippen LogP contribution < -0.4 is 20.8 Å². The molecule has 0 radical (unpaired) electrons. The molecule has 2 aromatic carbocycles. The number of carbonyl (C=O) groups is 2. The number of amides is 1. The summed E-state index contributed by atoms with van der Waals surface area (Å²) in [6.45, 7) is 1.09. The third kappa shape index (κ3) is 5.38. The molecule has 1 aliphatic heterocycles. The largest absolute Gasteiger partial charge is 0.457 e. The highest BCUT2D eigenvalue weighted by Crippen LogP contribution is 2.29. The Labute approximate surface area is 232 Å². The molecule has 14 heteroatoms. The summed E-state index contributed by atoms with van der Waals surface area (Å²) < 4.78 is 16.4. The van der Waals surface area contributed by atoms with Gasteiger partial charge in [-0.3, -0.25) is 4.79 Å². The summed E-state index contributed by atoms with van der Waals surface area (Å²) in [7, 11) is 0. The summed E-state index contributed by atoms with van der Waals surface area (Å²) in [5.41, 5.74) is 11.8. The molecule has 0 spiro atoms. The molecule has 1 amide bonds. The van der Waals surface area contributed by atoms with Gasteiger partial charge >= 0.3 is 5.97 Å². The number of rotatable bonds is 8. The number of hydrogen-bond donors (Lipinski definition) is 2. The van der Waals surface area contributed by atoms with Crippen molar-refractivity contribution in [1.82, 2.24) is 30.7 Å². The number of ether oxygens (including phenoxy) is 1. The van der Waals surface area contributed by atoms with E-state index < -0.39 is 11.9 Å². The lowest BCUT2D eigenvalue weighted by atomic mass is 10.0. The van der Waals surface area contributed by atoms with Crippen LogP contribution in [0, 0.1) is 0 Å². The van der Waals surface area contributed by atoms with Crippen LogP contribution in [0.2, 0.25) is 0 Å². The van der Waals surface area contributed by atoms with E-state index in [0.29, 0.717) is 23.6 Å². The second-order valence-corrected chi connectivity index (χ2v) is 9.06. The number of aryl methyl sites for hydroxylation is 1. The molecule has 0 saturated carbocycles. The number of para-hydroxylation sites is 1. The fraction of sp³-hybridized carbons (Fsp3) is 0.148. The van der Waals surface area contributed by atoms with Crippen LogP contribution in [0.3, 0.4) is 0 Å². The number of nitrogens with one attached hydrogen (secondary N) is 1. The van der Waals surface area contributed by atoms with Crippen LogP contribution in [0.5, 0.6) is 5.75 Å². The zero-order valence-corrected chi connectivity index (χ0v) is 21.5. The normalized spacial score (nSPS) is 12.8. The Morgan fingerprint density at radius 2 is 1.95 bits per heavy atom. The fourth-order valence-electron chi connectivity index (χ4n) is 4.48. The van der Waals surface area contributed by atoms with Crippen molar-refractivity contribution in [3.05, 3.63) is 95.2 Å². The molecule has 41 heavy (non-hydrogen) atoms. The first-order valence-electron chi connectivity index (χ1n) is 12.6. The number of carbonyl (C=O) groups excluding carboxylic acids is 2. The summed E-state index contributed by atoms with van der Waals surface area (Å²) >= 11 is 0. The van der Waals surface area contributed by atoms with Crippen LogP contribution in [-0.2, 0) is 13.0 Å². The van der Waals surface area contributed by atoms with Gasteiger partial charge in [-0.1, -0.05) is 23.4 Å². The van der Waals surface area contributed by atoms with Gasteiger partial charge in [0.1, 0.15) is 5.75 Å². The zero-order valence-electron chi connectivity index (χ0n) is 21.5. The van der Waals surface area contributed by atoms with Gasteiger partial charge < -0.3 is 19.8 Å². The van der Waals surface area contributed by atoms with Gasteiger partial charge in [0.05, 0.1) is 24.7 Å². The molecule has 4 heterocycles. The van der Waals surface area contributed by atoms with Gasteiger partial charge in [-0.25, -0.2) is 14.8 Å². The number of nitrogen functional groups attached to an aromatic ring is 1. The van der Waals surface area contributed by atoms with Gasteiger partial charge in [0.25, 0.3) is 5.91 Å². The number of fused-ring (bicyclic) bond motifs is 1. The second kappa shape index (κ2) is 11.1. The summed E-state index contributed by atoms with van der Waals surface area (Å²) in [5.74, 6) is -0.612. The molecule has 0 aliphatic carbocycles. The van der Waals surface area contributed by atoms with Gasteiger partial charge in [-0.15, -0.1) is 5.10 Å². The van der Waals surface area contributed by atoms with E-state index in [1.807, 2.05) is 18.2 Å². The van der Waals surface area contributed by atoms with E-state index in [1.54, 1.807) is 30.3 Å². The highest BCUT2D eigenvalue weighted by Gasteiger charge is 2.27. The third-order valence-electron chi connectivity index (χ3n) is 6.41. The van der Waals surface area contributed by atoms with Crippen molar-refractivity contribution in [3.8, 4) is 11.6 Å². The first kappa shape index (κ1) is 25.5. The van der Waals surface area contributed by atoms with Crippen LogP contribution >= 0.6 is 0 Å². The van der Waals surface area contributed by atoms with Gasteiger partial charge in [0.2, 0.25) is 17.4 Å². The highest BCUT2D eigenvalue weighted by atomic mass is 16.6. The molecule has 1 aliphatic rings. The number of benzene rings is 2. The van der Waals surface area contributed by atoms with Gasteiger partial charge in [0.15, 0.2) is 5.69 Å². The Morgan fingerprint density at radius 1 is 1.10 bits per heavy atom. The number of furan rings is 1. The minimum atomic E-state index is -0.608. The van der Waals surface area contributed by atoms with E-state index in [0.717, 1.165) is 25.1 Å². The number of nitrogens with two attached hydrogens (primary N) is 1. The smallest absolute Gasteiger partial charge is 0.379 e. The number of aromatic nitrogens is 5. The maximum atomic E-state index is 13.2. The maximum absolute atomic E-state index is 13.2. The minimum absolute atomic E-state index is 0.0125. The molecule has 6 rings (SSSR count). The molecule has 5 aromatic rings. The molecule has 0 atom stereocenters. The van der Waals surface area contributed by atoms with E-state index >= 15 is 0 Å². The Balaban J connectivity index is 1.18. The molecular formula is C27H23N9O5. The number of esters is 1. The molecular weight excluding hydrogens is 530 g/mol. The van der Waals surface area contributed by atoms with Crippen molar-refractivity contribution >= 4 is 29.6 Å². The number of anilines is 2. The van der Waals surface area contributed by atoms with Crippen molar-refractivity contribution in [1.29, 1.82) is 0 Å². The van der Waals surface area contributed by atoms with Crippen molar-refractivity contribution < 1.29 is 23.4 Å².